The molecule has 1 amide bonds. The predicted octanol–water partition coefficient (Wildman–Crippen LogP) is 6.19. The molecule has 3 rings (SSSR count). The number of Topliss-reactive ketones (excluding diaryl/α,β-unsaturated/α-hetero) is 4. The Morgan fingerprint density at radius 1 is 0.667 bits per heavy atom. The third kappa shape index (κ3) is 9.44. The molecule has 0 unspecified atom stereocenters. The number of ketones is 4. The van der Waals surface area contributed by atoms with Crippen molar-refractivity contribution in [1.82, 2.24) is 5.32 Å². The lowest BCUT2D eigenvalue weighted by molar-refractivity contribution is -0.141. The summed E-state index contributed by atoms with van der Waals surface area (Å²) in [6, 6.07) is 26.9. The fourth-order valence-corrected chi connectivity index (χ4v) is 5.04. The maximum Gasteiger partial charge on any atom is 0.224 e. The lowest BCUT2D eigenvalue weighted by Gasteiger charge is -2.23. The maximum atomic E-state index is 13.4. The zero-order chi connectivity index (χ0) is 30.6. The summed E-state index contributed by atoms with van der Waals surface area (Å²) >= 11 is 0. The van der Waals surface area contributed by atoms with E-state index in [9.17, 15) is 24.0 Å². The third-order valence-electron chi connectivity index (χ3n) is 7.76. The Bertz CT molecular complexity index is 1350. The number of rotatable bonds is 16. The average molecular weight is 568 g/mol. The Morgan fingerprint density at radius 3 is 1.79 bits per heavy atom. The molecule has 0 bridgehead atoms. The Balaban J connectivity index is 1.66. The maximum absolute atomic E-state index is 13.4. The molecule has 0 aromatic heterocycles. The van der Waals surface area contributed by atoms with E-state index in [1.165, 1.54) is 0 Å². The van der Waals surface area contributed by atoms with Crippen molar-refractivity contribution in [2.75, 3.05) is 0 Å². The molecule has 0 radical (unpaired) electrons. The van der Waals surface area contributed by atoms with E-state index in [0.29, 0.717) is 12.0 Å². The minimum absolute atomic E-state index is 0.00709. The van der Waals surface area contributed by atoms with Gasteiger partial charge in [0.05, 0.1) is 6.04 Å². The van der Waals surface area contributed by atoms with Crippen LogP contribution in [0, 0.1) is 17.8 Å². The van der Waals surface area contributed by atoms with Gasteiger partial charge in [-0.05, 0) is 36.3 Å². The molecule has 3 aromatic carbocycles. The highest BCUT2D eigenvalue weighted by Crippen LogP contribution is 2.24. The van der Waals surface area contributed by atoms with Crippen molar-refractivity contribution in [3.05, 3.63) is 108 Å². The van der Waals surface area contributed by atoms with E-state index in [1.807, 2.05) is 87.5 Å². The van der Waals surface area contributed by atoms with Gasteiger partial charge in [0.25, 0.3) is 0 Å². The molecular weight excluding hydrogens is 526 g/mol. The van der Waals surface area contributed by atoms with Gasteiger partial charge >= 0.3 is 0 Å². The number of hydrogen-bond donors (Lipinski definition) is 1. The highest BCUT2D eigenvalue weighted by molar-refractivity contribution is 6.38. The molecule has 0 saturated carbocycles. The van der Waals surface area contributed by atoms with Crippen molar-refractivity contribution in [3.63, 3.8) is 0 Å². The quantitative estimate of drug-likeness (QED) is 0.165. The first-order valence-corrected chi connectivity index (χ1v) is 14.6. The third-order valence-corrected chi connectivity index (χ3v) is 7.76. The van der Waals surface area contributed by atoms with Crippen LogP contribution in [0.3, 0.4) is 0 Å². The van der Waals surface area contributed by atoms with E-state index in [0.717, 1.165) is 11.1 Å². The van der Waals surface area contributed by atoms with Crippen LogP contribution in [0.1, 0.15) is 74.4 Å². The van der Waals surface area contributed by atoms with Crippen LogP contribution in [0.15, 0.2) is 91.0 Å². The van der Waals surface area contributed by atoms with Gasteiger partial charge in [0.2, 0.25) is 11.7 Å². The van der Waals surface area contributed by atoms with Crippen molar-refractivity contribution >= 4 is 29.0 Å². The molecule has 0 aliphatic rings. The van der Waals surface area contributed by atoms with E-state index in [4.69, 9.17) is 0 Å². The zero-order valence-corrected chi connectivity index (χ0v) is 24.9. The standard InChI is InChI=1S/C36H41NO5/c1-24(2)31(35(41)34(40)20-25(3)28-16-10-6-11-17-28)23-32(38)26(4)37-36(42)30(21-27-14-8-5-9-15-27)22-33(39)29-18-12-7-13-19-29/h5-19,24-26,30-31H,20-23H2,1-4H3,(H,37,42)/t25-,26+,30-,31+/m1/s1. The van der Waals surface area contributed by atoms with Gasteiger partial charge in [-0.15, -0.1) is 0 Å². The van der Waals surface area contributed by atoms with E-state index in [2.05, 4.69) is 5.32 Å². The molecule has 1 N–H and O–H groups in total. The predicted molar refractivity (Wildman–Crippen MR) is 164 cm³/mol. The highest BCUT2D eigenvalue weighted by Gasteiger charge is 2.33. The second-order valence-electron chi connectivity index (χ2n) is 11.4. The lowest BCUT2D eigenvalue weighted by Crippen LogP contribution is -2.44. The molecule has 0 aliphatic heterocycles. The summed E-state index contributed by atoms with van der Waals surface area (Å²) in [5.74, 6) is -3.71. The minimum Gasteiger partial charge on any atom is -0.346 e. The summed E-state index contributed by atoms with van der Waals surface area (Å²) in [5, 5.41) is 2.79. The molecule has 42 heavy (non-hydrogen) atoms. The first kappa shape index (κ1) is 32.3. The first-order valence-electron chi connectivity index (χ1n) is 14.6. The largest absolute Gasteiger partial charge is 0.346 e. The van der Waals surface area contributed by atoms with Gasteiger partial charge in [-0.1, -0.05) is 112 Å². The molecule has 3 aromatic rings. The van der Waals surface area contributed by atoms with Crippen LogP contribution >= 0.6 is 0 Å². The monoisotopic (exact) mass is 567 g/mol. The van der Waals surface area contributed by atoms with Crippen molar-refractivity contribution in [2.24, 2.45) is 17.8 Å². The Labute approximate surface area is 248 Å². The van der Waals surface area contributed by atoms with E-state index in [1.54, 1.807) is 31.2 Å². The molecule has 0 heterocycles. The fraction of sp³-hybridized carbons (Fsp3) is 0.361. The van der Waals surface area contributed by atoms with Gasteiger partial charge in [0.1, 0.15) is 0 Å². The Morgan fingerprint density at radius 2 is 1.21 bits per heavy atom. The number of nitrogens with one attached hydrogen (secondary N) is 1. The highest BCUT2D eigenvalue weighted by atomic mass is 16.2. The molecule has 220 valence electrons. The van der Waals surface area contributed by atoms with Gasteiger partial charge in [-0.2, -0.15) is 0 Å². The summed E-state index contributed by atoms with van der Waals surface area (Å²) in [7, 11) is 0. The molecule has 4 atom stereocenters. The minimum atomic E-state index is -0.880. The lowest BCUT2D eigenvalue weighted by atomic mass is 9.82. The summed E-state index contributed by atoms with van der Waals surface area (Å²) in [6.45, 7) is 7.12. The van der Waals surface area contributed by atoms with E-state index >= 15 is 0 Å². The Kier molecular flexibility index (Phi) is 12.1. The number of carbonyl (C=O) groups excluding carboxylic acids is 5. The Hall–Kier alpha value is -4.19. The fourth-order valence-electron chi connectivity index (χ4n) is 5.04. The van der Waals surface area contributed by atoms with E-state index in [-0.39, 0.29) is 42.7 Å². The van der Waals surface area contributed by atoms with Gasteiger partial charge in [0.15, 0.2) is 17.3 Å². The summed E-state index contributed by atoms with van der Waals surface area (Å²) < 4.78 is 0. The van der Waals surface area contributed by atoms with Crippen LogP contribution in [-0.2, 0) is 25.6 Å². The number of amides is 1. The molecule has 0 fully saturated rings. The molecule has 0 spiro atoms. The molecule has 0 aliphatic carbocycles. The second-order valence-corrected chi connectivity index (χ2v) is 11.4. The molecule has 6 heteroatoms. The zero-order valence-electron chi connectivity index (χ0n) is 24.9. The van der Waals surface area contributed by atoms with Crippen LogP contribution in [0.25, 0.3) is 0 Å². The van der Waals surface area contributed by atoms with Gasteiger partial charge in [-0.25, -0.2) is 0 Å². The second kappa shape index (κ2) is 15.7. The first-order chi connectivity index (χ1) is 20.1. The summed E-state index contributed by atoms with van der Waals surface area (Å²) in [5.41, 5.74) is 2.41. The van der Waals surface area contributed by atoms with Crippen molar-refractivity contribution in [2.45, 2.75) is 65.3 Å². The summed E-state index contributed by atoms with van der Waals surface area (Å²) in [6.07, 6.45) is 0.263. The van der Waals surface area contributed by atoms with Crippen LogP contribution in [0.4, 0.5) is 0 Å². The van der Waals surface area contributed by atoms with Crippen molar-refractivity contribution in [1.29, 1.82) is 0 Å². The van der Waals surface area contributed by atoms with Crippen LogP contribution < -0.4 is 5.32 Å². The van der Waals surface area contributed by atoms with Crippen LogP contribution in [0.5, 0.6) is 0 Å². The van der Waals surface area contributed by atoms with Gasteiger partial charge in [-0.3, -0.25) is 24.0 Å². The molecular formula is C36H41NO5. The number of carbonyl (C=O) groups is 5. The number of benzene rings is 3. The molecule has 0 saturated heterocycles. The normalized spacial score (nSPS) is 13.9. The van der Waals surface area contributed by atoms with Crippen molar-refractivity contribution in [3.8, 4) is 0 Å². The van der Waals surface area contributed by atoms with Crippen LogP contribution in [-0.4, -0.2) is 35.1 Å². The molecule has 6 nitrogen and oxygen atoms in total. The average Bonchev–Trinajstić information content (AvgIpc) is 3.00. The summed E-state index contributed by atoms with van der Waals surface area (Å²) in [4.78, 5) is 65.7. The topological polar surface area (TPSA) is 97.4 Å². The van der Waals surface area contributed by atoms with Gasteiger partial charge < -0.3 is 5.32 Å². The van der Waals surface area contributed by atoms with E-state index < -0.39 is 35.4 Å². The smallest absolute Gasteiger partial charge is 0.224 e. The van der Waals surface area contributed by atoms with Crippen LogP contribution in [0.2, 0.25) is 0 Å². The SMILES string of the molecule is CC(C)[C@H](CC(=O)[C@H](C)NC(=O)[C@@H](CC(=O)c1ccccc1)Cc1ccccc1)C(=O)C(=O)C[C@@H](C)c1ccccc1. The number of hydrogen-bond acceptors (Lipinski definition) is 5. The van der Waals surface area contributed by atoms with Gasteiger partial charge in [0, 0.05) is 36.7 Å². The van der Waals surface area contributed by atoms with Crippen molar-refractivity contribution < 1.29 is 24.0 Å².